The summed E-state index contributed by atoms with van der Waals surface area (Å²) in [5, 5.41) is 13.8. The number of anilines is 3. The van der Waals surface area contributed by atoms with Crippen LogP contribution in [0, 0.1) is 10.1 Å². The van der Waals surface area contributed by atoms with E-state index in [4.69, 9.17) is 4.74 Å². The third-order valence-corrected chi connectivity index (χ3v) is 8.92. The summed E-state index contributed by atoms with van der Waals surface area (Å²) in [7, 11) is -6.74. The molecule has 0 aliphatic rings. The number of ether oxygens (including phenoxy) is 1. The predicted octanol–water partition coefficient (Wildman–Crippen LogP) is 4.24. The quantitative estimate of drug-likeness (QED) is 0.192. The molecule has 0 bridgehead atoms. The van der Waals surface area contributed by atoms with Gasteiger partial charge in [0.1, 0.15) is 12.3 Å². The molecule has 12 nitrogen and oxygen atoms in total. The molecule has 212 valence electrons. The van der Waals surface area contributed by atoms with Gasteiger partial charge in [-0.05, 0) is 66.7 Å². The van der Waals surface area contributed by atoms with Crippen LogP contribution < -0.4 is 19.1 Å². The van der Waals surface area contributed by atoms with Crippen molar-refractivity contribution < 1.29 is 31.3 Å². The molecule has 0 saturated heterocycles. The van der Waals surface area contributed by atoms with E-state index in [1.165, 1.54) is 73.8 Å². The van der Waals surface area contributed by atoms with Crippen LogP contribution in [0.3, 0.4) is 0 Å². The highest BCUT2D eigenvalue weighted by Gasteiger charge is 2.28. The number of benzene rings is 4. The van der Waals surface area contributed by atoms with Gasteiger partial charge in [0.25, 0.3) is 25.7 Å². The number of carbonyl (C=O) groups excluding carboxylic acids is 1. The Hall–Kier alpha value is -4.95. The number of methoxy groups -OCH3 is 1. The third-order valence-electron chi connectivity index (χ3n) is 5.74. The Morgan fingerprint density at radius 2 is 1.46 bits per heavy atom. The van der Waals surface area contributed by atoms with Gasteiger partial charge in [-0.2, -0.15) is 0 Å². The molecule has 41 heavy (non-hydrogen) atoms. The van der Waals surface area contributed by atoms with Crippen LogP contribution in [0.25, 0.3) is 0 Å². The number of hydrogen-bond donors (Lipinski definition) is 2. The average molecular weight is 597 g/mol. The van der Waals surface area contributed by atoms with E-state index in [9.17, 15) is 31.7 Å². The molecule has 0 heterocycles. The molecule has 4 rings (SSSR count). The van der Waals surface area contributed by atoms with Crippen molar-refractivity contribution in [2.45, 2.75) is 9.79 Å². The monoisotopic (exact) mass is 596 g/mol. The topological polar surface area (TPSA) is 165 Å². The second kappa shape index (κ2) is 12.1. The Kier molecular flexibility index (Phi) is 8.54. The van der Waals surface area contributed by atoms with Crippen molar-refractivity contribution in [3.63, 3.8) is 0 Å². The SMILES string of the molecule is COc1ccc(NS(=O)(=O)c2ccc(NC(=O)CN(c3cccc([N+](=O)[O-])c3)S(=O)(=O)c3ccccc3)cc2)cc1. The first-order valence-electron chi connectivity index (χ1n) is 11.9. The number of non-ortho nitro benzene ring substituents is 1. The van der Waals surface area contributed by atoms with Crippen molar-refractivity contribution in [1.82, 2.24) is 0 Å². The van der Waals surface area contributed by atoms with Crippen molar-refractivity contribution in [3.8, 4) is 5.75 Å². The predicted molar refractivity (Wildman–Crippen MR) is 153 cm³/mol. The van der Waals surface area contributed by atoms with Gasteiger partial charge in [-0.1, -0.05) is 24.3 Å². The molecule has 0 saturated carbocycles. The zero-order valence-corrected chi connectivity index (χ0v) is 23.1. The molecule has 0 radical (unpaired) electrons. The van der Waals surface area contributed by atoms with Crippen molar-refractivity contribution in [2.24, 2.45) is 0 Å². The maximum Gasteiger partial charge on any atom is 0.271 e. The van der Waals surface area contributed by atoms with Gasteiger partial charge in [-0.25, -0.2) is 16.8 Å². The van der Waals surface area contributed by atoms with Crippen LogP contribution in [0.4, 0.5) is 22.7 Å². The molecule has 2 N–H and O–H groups in total. The molecule has 14 heteroatoms. The second-order valence-electron chi connectivity index (χ2n) is 8.51. The van der Waals surface area contributed by atoms with Gasteiger partial charge in [0.05, 0.1) is 27.5 Å². The van der Waals surface area contributed by atoms with Gasteiger partial charge in [0.15, 0.2) is 0 Å². The van der Waals surface area contributed by atoms with Gasteiger partial charge in [0.2, 0.25) is 5.91 Å². The molecule has 1 amide bonds. The summed E-state index contributed by atoms with van der Waals surface area (Å²) in [5.41, 5.74) is 0.0963. The molecule has 4 aromatic rings. The van der Waals surface area contributed by atoms with E-state index in [-0.39, 0.29) is 26.9 Å². The largest absolute Gasteiger partial charge is 0.497 e. The van der Waals surface area contributed by atoms with Crippen LogP contribution in [0.2, 0.25) is 0 Å². The molecule has 0 aromatic heterocycles. The molecule has 0 atom stereocenters. The Bertz CT molecular complexity index is 1760. The number of nitrogens with one attached hydrogen (secondary N) is 2. The number of rotatable bonds is 11. The highest BCUT2D eigenvalue weighted by molar-refractivity contribution is 7.93. The fraction of sp³-hybridized carbons (Fsp3) is 0.0741. The Balaban J connectivity index is 1.53. The highest BCUT2D eigenvalue weighted by Crippen LogP contribution is 2.27. The molecule has 0 aliphatic heterocycles. The summed E-state index contributed by atoms with van der Waals surface area (Å²) < 4.78 is 60.7. The van der Waals surface area contributed by atoms with Crippen LogP contribution in [0.15, 0.2) is 113 Å². The maximum atomic E-state index is 13.4. The van der Waals surface area contributed by atoms with Crippen LogP contribution >= 0.6 is 0 Å². The molecule has 0 aliphatic carbocycles. The van der Waals surface area contributed by atoms with Gasteiger partial charge >= 0.3 is 0 Å². The third kappa shape index (κ3) is 6.98. The summed E-state index contributed by atoms with van der Waals surface area (Å²) in [6, 6.07) is 23.8. The molecule has 4 aromatic carbocycles. The van der Waals surface area contributed by atoms with E-state index in [1.54, 1.807) is 30.3 Å². The summed E-state index contributed by atoms with van der Waals surface area (Å²) in [4.78, 5) is 23.4. The molecule has 0 unspecified atom stereocenters. The van der Waals surface area contributed by atoms with E-state index in [1.807, 2.05) is 0 Å². The lowest BCUT2D eigenvalue weighted by atomic mass is 10.3. The fourth-order valence-electron chi connectivity index (χ4n) is 3.72. The number of carbonyl (C=O) groups is 1. The zero-order valence-electron chi connectivity index (χ0n) is 21.5. The second-order valence-corrected chi connectivity index (χ2v) is 12.1. The average Bonchev–Trinajstić information content (AvgIpc) is 2.97. The highest BCUT2D eigenvalue weighted by atomic mass is 32.2. The van der Waals surface area contributed by atoms with Crippen molar-refractivity contribution in [1.29, 1.82) is 0 Å². The first-order valence-corrected chi connectivity index (χ1v) is 14.8. The standard InChI is InChI=1S/C27H24N4O8S2/c1-39-24-14-10-21(11-15-24)29-40(35,36)25-16-12-20(13-17-25)28-27(32)19-30(22-6-5-7-23(18-22)31(33)34)41(37,38)26-8-3-2-4-9-26/h2-18,29H,19H2,1H3,(H,28,32). The number of nitro groups is 1. The van der Waals surface area contributed by atoms with Gasteiger partial charge in [0, 0.05) is 23.5 Å². The lowest BCUT2D eigenvalue weighted by Crippen LogP contribution is -2.38. The van der Waals surface area contributed by atoms with E-state index >= 15 is 0 Å². The summed E-state index contributed by atoms with van der Waals surface area (Å²) >= 11 is 0. The maximum absolute atomic E-state index is 13.4. The minimum absolute atomic E-state index is 0.0730. The molecular formula is C27H24N4O8S2. The molecule has 0 fully saturated rings. The minimum atomic E-state index is -4.29. The zero-order chi connectivity index (χ0) is 29.6. The van der Waals surface area contributed by atoms with Gasteiger partial charge in [-0.15, -0.1) is 0 Å². The number of nitro benzene ring substituents is 1. The van der Waals surface area contributed by atoms with E-state index in [0.717, 1.165) is 10.4 Å². The van der Waals surface area contributed by atoms with Crippen LogP contribution in [-0.2, 0) is 24.8 Å². The van der Waals surface area contributed by atoms with Crippen molar-refractivity contribution in [2.75, 3.05) is 28.0 Å². The lowest BCUT2D eigenvalue weighted by Gasteiger charge is -2.24. The molecular weight excluding hydrogens is 572 g/mol. The van der Waals surface area contributed by atoms with Crippen LogP contribution in [0.5, 0.6) is 5.75 Å². The van der Waals surface area contributed by atoms with Crippen molar-refractivity contribution >= 4 is 48.7 Å². The van der Waals surface area contributed by atoms with Crippen LogP contribution in [0.1, 0.15) is 0 Å². The Morgan fingerprint density at radius 3 is 2.07 bits per heavy atom. The Morgan fingerprint density at radius 1 is 0.829 bits per heavy atom. The smallest absolute Gasteiger partial charge is 0.271 e. The lowest BCUT2D eigenvalue weighted by molar-refractivity contribution is -0.384. The minimum Gasteiger partial charge on any atom is -0.497 e. The summed E-state index contributed by atoms with van der Waals surface area (Å²) in [5.74, 6) is -0.198. The van der Waals surface area contributed by atoms with Gasteiger partial charge in [-0.3, -0.25) is 23.9 Å². The first kappa shape index (κ1) is 29.0. The van der Waals surface area contributed by atoms with Crippen LogP contribution in [-0.4, -0.2) is 41.3 Å². The number of hydrogen-bond acceptors (Lipinski definition) is 8. The fourth-order valence-corrected chi connectivity index (χ4v) is 6.21. The number of sulfonamides is 2. The first-order chi connectivity index (χ1) is 19.5. The summed E-state index contributed by atoms with van der Waals surface area (Å²) in [6.45, 7) is -0.711. The normalized spacial score (nSPS) is 11.3. The molecule has 0 spiro atoms. The van der Waals surface area contributed by atoms with E-state index in [2.05, 4.69) is 10.0 Å². The van der Waals surface area contributed by atoms with Crippen molar-refractivity contribution in [3.05, 3.63) is 113 Å². The summed E-state index contributed by atoms with van der Waals surface area (Å²) in [6.07, 6.45) is 0. The van der Waals surface area contributed by atoms with E-state index < -0.39 is 37.4 Å². The Labute approximate surface area is 236 Å². The number of amides is 1. The van der Waals surface area contributed by atoms with E-state index in [0.29, 0.717) is 11.4 Å². The number of nitrogens with zero attached hydrogens (tertiary/aromatic N) is 2. The van der Waals surface area contributed by atoms with Gasteiger partial charge < -0.3 is 10.1 Å².